The summed E-state index contributed by atoms with van der Waals surface area (Å²) in [6.07, 6.45) is 1.93. The van der Waals surface area contributed by atoms with Crippen LogP contribution < -0.4 is 5.73 Å². The van der Waals surface area contributed by atoms with E-state index in [0.29, 0.717) is 11.2 Å². The molecule has 0 amide bonds. The lowest BCUT2D eigenvalue weighted by molar-refractivity contribution is -0.0846. The van der Waals surface area contributed by atoms with Crippen molar-refractivity contribution in [2.24, 2.45) is 0 Å². The number of aromatic amines is 1. The van der Waals surface area contributed by atoms with Gasteiger partial charge >= 0.3 is 0 Å². The molecular weight excluding hydrogens is 322 g/mol. The molecule has 23 heavy (non-hydrogen) atoms. The molecule has 2 aromatic rings. The van der Waals surface area contributed by atoms with E-state index in [2.05, 4.69) is 20.9 Å². The lowest BCUT2D eigenvalue weighted by atomic mass is 9.93. The Hall–Kier alpha value is -2.03. The van der Waals surface area contributed by atoms with Gasteiger partial charge in [0.05, 0.1) is 12.4 Å². The van der Waals surface area contributed by atoms with Gasteiger partial charge in [0, 0.05) is 0 Å². The number of terminal acetylenes is 1. The van der Waals surface area contributed by atoms with Gasteiger partial charge in [-0.2, -0.15) is 0 Å². The Balaban J connectivity index is 2.18. The Bertz CT molecular complexity index is 856. The molecule has 0 saturated carbocycles. The number of imidazole rings is 1. The summed E-state index contributed by atoms with van der Waals surface area (Å²) in [5.74, 6) is 2.20. The van der Waals surface area contributed by atoms with Crippen molar-refractivity contribution in [3.63, 3.8) is 0 Å². The van der Waals surface area contributed by atoms with Crippen molar-refractivity contribution in [2.75, 3.05) is 5.73 Å². The zero-order valence-corrected chi connectivity index (χ0v) is 12.9. The molecule has 6 N–H and O–H groups in total. The maximum atomic E-state index is 10.7. The van der Waals surface area contributed by atoms with Crippen molar-refractivity contribution in [1.29, 1.82) is 0 Å². The SMILES string of the molecule is C#CC1(O)[C@@H](O)[C@@H]([C@H](C)O)O[C@H]1n1cnc2c(=S)nc(N)[nH]c21. The number of H-pyrrole nitrogens is 1. The molecule has 3 rings (SSSR count). The summed E-state index contributed by atoms with van der Waals surface area (Å²) >= 11 is 5.08. The van der Waals surface area contributed by atoms with Crippen molar-refractivity contribution in [2.45, 2.75) is 37.1 Å². The first-order valence-electron chi connectivity index (χ1n) is 6.73. The average molecular weight is 337 g/mol. The van der Waals surface area contributed by atoms with Crippen LogP contribution >= 0.6 is 12.2 Å². The van der Waals surface area contributed by atoms with Gasteiger partial charge in [-0.15, -0.1) is 6.42 Å². The lowest BCUT2D eigenvalue weighted by Crippen LogP contribution is -2.47. The van der Waals surface area contributed by atoms with E-state index in [0.717, 1.165) is 0 Å². The van der Waals surface area contributed by atoms with E-state index < -0.39 is 30.1 Å². The predicted octanol–water partition coefficient (Wildman–Crippen LogP) is -0.926. The molecule has 1 aliphatic heterocycles. The fraction of sp³-hybridized carbons (Fsp3) is 0.462. The Morgan fingerprint density at radius 3 is 2.96 bits per heavy atom. The van der Waals surface area contributed by atoms with E-state index >= 15 is 0 Å². The Morgan fingerprint density at radius 2 is 2.35 bits per heavy atom. The van der Waals surface area contributed by atoms with E-state index in [1.165, 1.54) is 17.8 Å². The smallest absolute Gasteiger partial charge is 0.200 e. The van der Waals surface area contributed by atoms with Crippen molar-refractivity contribution < 1.29 is 20.1 Å². The van der Waals surface area contributed by atoms with Crippen molar-refractivity contribution in [3.05, 3.63) is 11.0 Å². The zero-order chi connectivity index (χ0) is 16.9. The van der Waals surface area contributed by atoms with Crippen LogP contribution in [0.2, 0.25) is 0 Å². The van der Waals surface area contributed by atoms with Crippen molar-refractivity contribution >= 4 is 29.3 Å². The number of nitrogens with one attached hydrogen (secondary N) is 1. The molecule has 10 heteroatoms. The van der Waals surface area contributed by atoms with E-state index in [4.69, 9.17) is 29.1 Å². The van der Waals surface area contributed by atoms with E-state index in [1.807, 2.05) is 0 Å². The van der Waals surface area contributed by atoms with E-state index in [9.17, 15) is 15.3 Å². The molecule has 9 nitrogen and oxygen atoms in total. The van der Waals surface area contributed by atoms with Gasteiger partial charge in [-0.25, -0.2) is 9.97 Å². The van der Waals surface area contributed by atoms with Crippen LogP contribution in [0.3, 0.4) is 0 Å². The summed E-state index contributed by atoms with van der Waals surface area (Å²) < 4.78 is 7.13. The summed E-state index contributed by atoms with van der Waals surface area (Å²) in [7, 11) is 0. The monoisotopic (exact) mass is 337 g/mol. The maximum Gasteiger partial charge on any atom is 0.200 e. The number of hydrogen-bond acceptors (Lipinski definition) is 8. The number of hydrogen-bond donors (Lipinski definition) is 5. The molecule has 1 unspecified atom stereocenters. The Morgan fingerprint density at radius 1 is 1.65 bits per heavy atom. The first kappa shape index (κ1) is 15.9. The van der Waals surface area contributed by atoms with Crippen LogP contribution in [0.4, 0.5) is 5.95 Å². The number of aliphatic hydroxyl groups is 3. The quantitative estimate of drug-likeness (QED) is 0.350. The highest BCUT2D eigenvalue weighted by molar-refractivity contribution is 7.71. The third-order valence-electron chi connectivity index (χ3n) is 3.85. The standard InChI is InChI=1S/C13H15N5O4S/c1-3-13(21)8(20)7(5(2)19)22-11(13)18-4-15-6-9(18)16-12(14)17-10(6)23/h1,4-5,7-8,11,19-21H,2H3,(H3,14,16,17,23)/t5-,7+,8-,11+,13?/m0/s1. The van der Waals surface area contributed by atoms with Crippen LogP contribution in [0.5, 0.6) is 0 Å². The molecule has 0 radical (unpaired) electrons. The number of nitrogens with zero attached hydrogens (tertiary/aromatic N) is 3. The number of nitrogen functional groups attached to an aromatic ring is 1. The zero-order valence-electron chi connectivity index (χ0n) is 12.0. The highest BCUT2D eigenvalue weighted by Gasteiger charge is 2.57. The number of rotatable bonds is 2. The molecule has 3 heterocycles. The summed E-state index contributed by atoms with van der Waals surface area (Å²) in [6, 6.07) is 0. The third-order valence-corrected chi connectivity index (χ3v) is 4.13. The molecule has 0 spiro atoms. The predicted molar refractivity (Wildman–Crippen MR) is 82.5 cm³/mol. The molecule has 0 aromatic carbocycles. The summed E-state index contributed by atoms with van der Waals surface area (Å²) in [6.45, 7) is 1.43. The molecule has 0 aliphatic carbocycles. The number of aromatic nitrogens is 4. The van der Waals surface area contributed by atoms with Gasteiger partial charge in [0.2, 0.25) is 0 Å². The second kappa shape index (κ2) is 5.26. The third kappa shape index (κ3) is 2.21. The number of fused-ring (bicyclic) bond motifs is 1. The van der Waals surface area contributed by atoms with Crippen LogP contribution in [0, 0.1) is 17.0 Å². The van der Waals surface area contributed by atoms with Crippen LogP contribution in [0.1, 0.15) is 13.2 Å². The van der Waals surface area contributed by atoms with Gasteiger partial charge in [-0.3, -0.25) is 4.57 Å². The van der Waals surface area contributed by atoms with Gasteiger partial charge in [0.1, 0.15) is 23.4 Å². The van der Waals surface area contributed by atoms with E-state index in [-0.39, 0.29) is 10.6 Å². The van der Waals surface area contributed by atoms with Crippen molar-refractivity contribution in [1.82, 2.24) is 19.5 Å². The molecule has 2 aromatic heterocycles. The first-order valence-corrected chi connectivity index (χ1v) is 7.14. The topological polar surface area (TPSA) is 142 Å². The van der Waals surface area contributed by atoms with Crippen molar-refractivity contribution in [3.8, 4) is 12.3 Å². The lowest BCUT2D eigenvalue weighted by Gasteiger charge is -2.26. The molecule has 0 bridgehead atoms. The molecule has 5 atom stereocenters. The highest BCUT2D eigenvalue weighted by Crippen LogP contribution is 2.40. The Kier molecular flexibility index (Phi) is 3.62. The largest absolute Gasteiger partial charge is 0.391 e. The Labute approximate surface area is 135 Å². The normalized spacial score (nSPS) is 32.0. The number of aliphatic hydroxyl groups excluding tert-OH is 2. The number of nitrogens with two attached hydrogens (primary N) is 1. The van der Waals surface area contributed by atoms with E-state index in [1.54, 1.807) is 0 Å². The van der Waals surface area contributed by atoms with Crippen LogP contribution in [0.15, 0.2) is 6.33 Å². The van der Waals surface area contributed by atoms with Gasteiger partial charge in [0.25, 0.3) is 0 Å². The van der Waals surface area contributed by atoms with Crippen LogP contribution in [-0.2, 0) is 4.74 Å². The van der Waals surface area contributed by atoms with Gasteiger partial charge < -0.3 is 30.8 Å². The fourth-order valence-electron chi connectivity index (χ4n) is 2.67. The summed E-state index contributed by atoms with van der Waals surface area (Å²) in [5.41, 5.74) is 4.25. The number of ether oxygens (including phenoxy) is 1. The average Bonchev–Trinajstić information content (AvgIpc) is 3.00. The van der Waals surface area contributed by atoms with Gasteiger partial charge in [-0.1, -0.05) is 18.1 Å². The second-order valence-corrected chi connectivity index (χ2v) is 5.77. The van der Waals surface area contributed by atoms with Crippen LogP contribution in [-0.4, -0.2) is 58.8 Å². The maximum absolute atomic E-state index is 10.7. The molecule has 122 valence electrons. The van der Waals surface area contributed by atoms with Crippen LogP contribution in [0.25, 0.3) is 11.2 Å². The minimum Gasteiger partial charge on any atom is -0.391 e. The molecule has 1 saturated heterocycles. The molecular formula is C13H15N5O4S. The number of anilines is 1. The highest BCUT2D eigenvalue weighted by atomic mass is 32.1. The minimum atomic E-state index is -2.07. The summed E-state index contributed by atoms with van der Waals surface area (Å²) in [5, 5.41) is 30.6. The van der Waals surface area contributed by atoms with Gasteiger partial charge in [0.15, 0.2) is 22.4 Å². The molecule has 1 aliphatic rings. The van der Waals surface area contributed by atoms with Gasteiger partial charge in [-0.05, 0) is 6.92 Å². The summed E-state index contributed by atoms with van der Waals surface area (Å²) in [4.78, 5) is 10.8. The fourth-order valence-corrected chi connectivity index (χ4v) is 2.91. The molecule has 1 fully saturated rings. The first-order chi connectivity index (χ1) is 10.8. The minimum absolute atomic E-state index is 0.0547. The second-order valence-electron chi connectivity index (χ2n) is 5.38.